The number of pyridine rings is 1. The lowest BCUT2D eigenvalue weighted by Gasteiger charge is -2.15. The van der Waals surface area contributed by atoms with E-state index in [1.165, 1.54) is 12.8 Å². The Kier molecular flexibility index (Phi) is 6.85. The Labute approximate surface area is 120 Å². The first kappa shape index (κ1) is 16.0. The summed E-state index contributed by atoms with van der Waals surface area (Å²) in [6.07, 6.45) is 6.19. The van der Waals surface area contributed by atoms with E-state index in [1.807, 2.05) is 6.92 Å². The summed E-state index contributed by atoms with van der Waals surface area (Å²) in [5, 5.41) is 3.42. The van der Waals surface area contributed by atoms with Crippen LogP contribution in [0.3, 0.4) is 0 Å². The van der Waals surface area contributed by atoms with Crippen molar-refractivity contribution in [2.75, 3.05) is 6.54 Å². The topological polar surface area (TPSA) is 42.0 Å². The Morgan fingerprint density at radius 1 is 1.47 bits per heavy atom. The Balaban J connectivity index is 2.54. The minimum Gasteiger partial charge on any atom is -0.352 e. The lowest BCUT2D eigenvalue weighted by molar-refractivity contribution is 0.0945. The van der Waals surface area contributed by atoms with Crippen LogP contribution in [-0.2, 0) is 0 Å². The second kappa shape index (κ2) is 8.16. The Hall–Kier alpha value is -1.09. The molecule has 1 heterocycles. The van der Waals surface area contributed by atoms with Gasteiger partial charge in [0, 0.05) is 18.4 Å². The fourth-order valence-electron chi connectivity index (χ4n) is 1.97. The van der Waals surface area contributed by atoms with E-state index in [4.69, 9.17) is 11.6 Å². The lowest BCUT2D eigenvalue weighted by atomic mass is 9.99. The van der Waals surface area contributed by atoms with E-state index in [2.05, 4.69) is 24.1 Å². The largest absolute Gasteiger partial charge is 0.352 e. The number of nitrogens with one attached hydrogen (secondary N) is 1. The van der Waals surface area contributed by atoms with Gasteiger partial charge in [-0.15, -0.1) is 0 Å². The van der Waals surface area contributed by atoms with Gasteiger partial charge in [-0.1, -0.05) is 44.7 Å². The van der Waals surface area contributed by atoms with Crippen LogP contribution in [0, 0.1) is 12.8 Å². The van der Waals surface area contributed by atoms with E-state index in [0.29, 0.717) is 23.0 Å². The number of unbranched alkanes of at least 4 members (excludes halogenated alkanes) is 1. The molecular formula is C15H23ClN2O. The van der Waals surface area contributed by atoms with Gasteiger partial charge in [0.05, 0.1) is 10.6 Å². The highest BCUT2D eigenvalue weighted by molar-refractivity contribution is 6.33. The summed E-state index contributed by atoms with van der Waals surface area (Å²) in [5.41, 5.74) is 1.27. The van der Waals surface area contributed by atoms with Crippen LogP contribution in [0.5, 0.6) is 0 Å². The molecule has 0 spiro atoms. The fourth-order valence-corrected chi connectivity index (χ4v) is 2.26. The molecule has 1 aromatic heterocycles. The number of aryl methyl sites for hydroxylation is 1. The molecule has 0 bridgehead atoms. The van der Waals surface area contributed by atoms with Crippen LogP contribution in [0.25, 0.3) is 0 Å². The summed E-state index contributed by atoms with van der Waals surface area (Å²) >= 11 is 6.06. The van der Waals surface area contributed by atoms with Gasteiger partial charge in [-0.05, 0) is 25.3 Å². The monoisotopic (exact) mass is 282 g/mol. The first-order valence-corrected chi connectivity index (χ1v) is 7.36. The smallest absolute Gasteiger partial charge is 0.254 e. The summed E-state index contributed by atoms with van der Waals surface area (Å²) in [6.45, 7) is 6.90. The van der Waals surface area contributed by atoms with Crippen LogP contribution < -0.4 is 5.32 Å². The van der Waals surface area contributed by atoms with Crippen molar-refractivity contribution in [1.29, 1.82) is 0 Å². The van der Waals surface area contributed by atoms with Crippen LogP contribution in [0.2, 0.25) is 5.02 Å². The summed E-state index contributed by atoms with van der Waals surface area (Å²) in [6, 6.07) is 1.71. The molecule has 0 aliphatic rings. The van der Waals surface area contributed by atoms with Crippen LogP contribution in [0.4, 0.5) is 0 Å². The molecular weight excluding hydrogens is 260 g/mol. The van der Waals surface area contributed by atoms with E-state index in [-0.39, 0.29) is 5.91 Å². The van der Waals surface area contributed by atoms with Gasteiger partial charge in [0.2, 0.25) is 0 Å². The highest BCUT2D eigenvalue weighted by Crippen LogP contribution is 2.16. The van der Waals surface area contributed by atoms with Crippen molar-refractivity contribution in [1.82, 2.24) is 10.3 Å². The zero-order valence-corrected chi connectivity index (χ0v) is 12.8. The zero-order valence-electron chi connectivity index (χ0n) is 12.0. The van der Waals surface area contributed by atoms with Gasteiger partial charge in [0.25, 0.3) is 5.91 Å². The first-order chi connectivity index (χ1) is 9.08. The SMILES string of the molecule is CCCCC(CC)CNC(=O)c1cnc(C)cc1Cl. The molecule has 0 saturated carbocycles. The maximum absolute atomic E-state index is 12.0. The van der Waals surface area contributed by atoms with Crippen LogP contribution in [-0.4, -0.2) is 17.4 Å². The van der Waals surface area contributed by atoms with Crippen molar-refractivity contribution in [3.63, 3.8) is 0 Å². The summed E-state index contributed by atoms with van der Waals surface area (Å²) < 4.78 is 0. The van der Waals surface area contributed by atoms with Gasteiger partial charge in [-0.3, -0.25) is 9.78 Å². The molecule has 1 aromatic rings. The molecule has 0 aliphatic heterocycles. The van der Waals surface area contributed by atoms with Gasteiger partial charge in [0.15, 0.2) is 0 Å². The highest BCUT2D eigenvalue weighted by atomic mass is 35.5. The predicted octanol–water partition coefficient (Wildman–Crippen LogP) is 3.99. The molecule has 1 amide bonds. The van der Waals surface area contributed by atoms with Crippen molar-refractivity contribution >= 4 is 17.5 Å². The molecule has 4 heteroatoms. The minimum atomic E-state index is -0.132. The third-order valence-electron chi connectivity index (χ3n) is 3.33. The summed E-state index contributed by atoms with van der Waals surface area (Å²) in [5.74, 6) is 0.411. The number of nitrogens with zero attached hydrogens (tertiary/aromatic N) is 1. The normalized spacial score (nSPS) is 12.2. The molecule has 0 saturated heterocycles. The molecule has 1 unspecified atom stereocenters. The third kappa shape index (κ3) is 5.19. The highest BCUT2D eigenvalue weighted by Gasteiger charge is 2.13. The molecule has 1 rings (SSSR count). The summed E-state index contributed by atoms with van der Waals surface area (Å²) in [4.78, 5) is 16.1. The van der Waals surface area contributed by atoms with Crippen molar-refractivity contribution < 1.29 is 4.79 Å². The van der Waals surface area contributed by atoms with Crippen LogP contribution in [0.1, 0.15) is 55.6 Å². The minimum absolute atomic E-state index is 0.132. The Morgan fingerprint density at radius 3 is 2.79 bits per heavy atom. The molecule has 0 aromatic carbocycles. The second-order valence-electron chi connectivity index (χ2n) is 4.93. The van der Waals surface area contributed by atoms with E-state index >= 15 is 0 Å². The zero-order chi connectivity index (χ0) is 14.3. The van der Waals surface area contributed by atoms with Gasteiger partial charge in [-0.2, -0.15) is 0 Å². The van der Waals surface area contributed by atoms with E-state index < -0.39 is 0 Å². The number of carbonyl (C=O) groups is 1. The average Bonchev–Trinajstić information content (AvgIpc) is 2.38. The second-order valence-corrected chi connectivity index (χ2v) is 5.34. The number of halogens is 1. The predicted molar refractivity (Wildman–Crippen MR) is 79.6 cm³/mol. The molecule has 3 nitrogen and oxygen atoms in total. The van der Waals surface area contributed by atoms with Gasteiger partial charge >= 0.3 is 0 Å². The standard InChI is InChI=1S/C15H23ClN2O/c1-4-6-7-12(5-2)9-18-15(19)13-10-17-11(3)8-14(13)16/h8,10,12H,4-7,9H2,1-3H3,(H,18,19). The molecule has 0 radical (unpaired) electrons. The van der Waals surface area contributed by atoms with Gasteiger partial charge < -0.3 is 5.32 Å². The van der Waals surface area contributed by atoms with E-state index in [9.17, 15) is 4.79 Å². The Morgan fingerprint density at radius 2 is 2.21 bits per heavy atom. The molecule has 1 atom stereocenters. The number of amides is 1. The molecule has 1 N–H and O–H groups in total. The Bertz CT molecular complexity index is 421. The lowest BCUT2D eigenvalue weighted by Crippen LogP contribution is -2.29. The van der Waals surface area contributed by atoms with Crippen molar-refractivity contribution in [2.45, 2.75) is 46.5 Å². The molecule has 0 fully saturated rings. The average molecular weight is 283 g/mol. The van der Waals surface area contributed by atoms with Crippen LogP contribution >= 0.6 is 11.6 Å². The first-order valence-electron chi connectivity index (χ1n) is 6.98. The van der Waals surface area contributed by atoms with Crippen molar-refractivity contribution in [3.8, 4) is 0 Å². The van der Waals surface area contributed by atoms with E-state index in [0.717, 1.165) is 18.5 Å². The maximum Gasteiger partial charge on any atom is 0.254 e. The molecule has 0 aliphatic carbocycles. The third-order valence-corrected chi connectivity index (χ3v) is 3.64. The van der Waals surface area contributed by atoms with Crippen LogP contribution in [0.15, 0.2) is 12.3 Å². The number of aromatic nitrogens is 1. The number of hydrogen-bond donors (Lipinski definition) is 1. The quantitative estimate of drug-likeness (QED) is 0.822. The van der Waals surface area contributed by atoms with Gasteiger partial charge in [-0.25, -0.2) is 0 Å². The summed E-state index contributed by atoms with van der Waals surface area (Å²) in [7, 11) is 0. The fraction of sp³-hybridized carbons (Fsp3) is 0.600. The number of rotatable bonds is 7. The number of carbonyl (C=O) groups excluding carboxylic acids is 1. The van der Waals surface area contributed by atoms with Crippen molar-refractivity contribution in [3.05, 3.63) is 28.5 Å². The van der Waals surface area contributed by atoms with Crippen molar-refractivity contribution in [2.24, 2.45) is 5.92 Å². The number of hydrogen-bond acceptors (Lipinski definition) is 2. The molecule has 19 heavy (non-hydrogen) atoms. The maximum atomic E-state index is 12.0. The van der Waals surface area contributed by atoms with Gasteiger partial charge in [0.1, 0.15) is 0 Å². The molecule has 106 valence electrons. The van der Waals surface area contributed by atoms with E-state index in [1.54, 1.807) is 12.3 Å².